The van der Waals surface area contributed by atoms with E-state index in [0.717, 1.165) is 13.1 Å². The monoisotopic (exact) mass is 264 g/mol. The van der Waals surface area contributed by atoms with E-state index in [4.69, 9.17) is 4.74 Å². The molecule has 0 spiro atoms. The molecule has 1 fully saturated rings. The van der Waals surface area contributed by atoms with E-state index in [9.17, 15) is 13.2 Å². The minimum atomic E-state index is -3.48. The van der Waals surface area contributed by atoms with E-state index in [1.165, 1.54) is 0 Å². The Morgan fingerprint density at radius 2 is 2.00 bits per heavy atom. The molecule has 0 atom stereocenters. The summed E-state index contributed by atoms with van der Waals surface area (Å²) in [4.78, 5) is 13.2. The van der Waals surface area contributed by atoms with Crippen molar-refractivity contribution < 1.29 is 17.9 Å². The molecule has 0 aromatic rings. The molecule has 1 N–H and O–H groups in total. The van der Waals surface area contributed by atoms with Crippen molar-refractivity contribution in [3.63, 3.8) is 0 Å². The van der Waals surface area contributed by atoms with Crippen LogP contribution in [-0.4, -0.2) is 57.8 Å². The Hall–Kier alpha value is -0.660. The van der Waals surface area contributed by atoms with Gasteiger partial charge in [0.05, 0.1) is 19.0 Å². The van der Waals surface area contributed by atoms with Crippen LogP contribution >= 0.6 is 0 Å². The molecular formula is C10H20N2O4S. The van der Waals surface area contributed by atoms with Crippen LogP contribution in [0.3, 0.4) is 0 Å². The Balaban J connectivity index is 2.30. The van der Waals surface area contributed by atoms with Gasteiger partial charge in [-0.3, -0.25) is 14.4 Å². The summed E-state index contributed by atoms with van der Waals surface area (Å²) < 4.78 is 30.4. The standard InChI is InChI=1S/C10H20N2O4S/c1-2-3-10(13)11-17(14,15)9-6-12-4-7-16-8-5-12/h2-9H2,1H3,(H,11,13). The number of rotatable bonds is 6. The van der Waals surface area contributed by atoms with Gasteiger partial charge in [0.25, 0.3) is 0 Å². The predicted octanol–water partition coefficient (Wildman–Crippen LogP) is -0.435. The van der Waals surface area contributed by atoms with Crippen LogP contribution in [0.5, 0.6) is 0 Å². The number of hydrogen-bond acceptors (Lipinski definition) is 5. The van der Waals surface area contributed by atoms with Crippen molar-refractivity contribution in [3.8, 4) is 0 Å². The largest absolute Gasteiger partial charge is 0.379 e. The molecule has 1 rings (SSSR count). The maximum atomic E-state index is 11.6. The van der Waals surface area contributed by atoms with Crippen molar-refractivity contribution in [3.05, 3.63) is 0 Å². The molecule has 1 saturated heterocycles. The molecule has 0 aliphatic carbocycles. The SMILES string of the molecule is CCCC(=O)NS(=O)(=O)CCN1CCOCC1. The van der Waals surface area contributed by atoms with E-state index in [2.05, 4.69) is 4.72 Å². The highest BCUT2D eigenvalue weighted by Crippen LogP contribution is 1.98. The molecular weight excluding hydrogens is 244 g/mol. The molecule has 100 valence electrons. The summed E-state index contributed by atoms with van der Waals surface area (Å²) in [5, 5.41) is 0. The Morgan fingerprint density at radius 1 is 1.35 bits per heavy atom. The minimum absolute atomic E-state index is 0.0392. The van der Waals surface area contributed by atoms with Gasteiger partial charge in [-0.1, -0.05) is 6.92 Å². The lowest BCUT2D eigenvalue weighted by Gasteiger charge is -2.26. The molecule has 17 heavy (non-hydrogen) atoms. The lowest BCUT2D eigenvalue weighted by Crippen LogP contribution is -2.41. The van der Waals surface area contributed by atoms with Crippen LogP contribution < -0.4 is 4.72 Å². The highest BCUT2D eigenvalue weighted by Gasteiger charge is 2.17. The van der Waals surface area contributed by atoms with E-state index < -0.39 is 15.9 Å². The van der Waals surface area contributed by atoms with Crippen LogP contribution in [0.15, 0.2) is 0 Å². The van der Waals surface area contributed by atoms with Crippen molar-refractivity contribution in [2.75, 3.05) is 38.6 Å². The van der Waals surface area contributed by atoms with Crippen molar-refractivity contribution in [1.29, 1.82) is 0 Å². The van der Waals surface area contributed by atoms with E-state index in [1.807, 2.05) is 11.8 Å². The number of carbonyl (C=O) groups is 1. The molecule has 0 aromatic heterocycles. The number of sulfonamides is 1. The quantitative estimate of drug-likeness (QED) is 0.704. The van der Waals surface area contributed by atoms with Crippen LogP contribution in [0.4, 0.5) is 0 Å². The summed E-state index contributed by atoms with van der Waals surface area (Å²) in [5.74, 6) is -0.461. The van der Waals surface area contributed by atoms with Gasteiger partial charge >= 0.3 is 0 Å². The molecule has 0 unspecified atom stereocenters. The van der Waals surface area contributed by atoms with Crippen molar-refractivity contribution in [2.24, 2.45) is 0 Å². The summed E-state index contributed by atoms with van der Waals surface area (Å²) in [5.41, 5.74) is 0. The summed E-state index contributed by atoms with van der Waals surface area (Å²) in [6.45, 7) is 5.05. The van der Waals surface area contributed by atoms with Gasteiger partial charge in [0.2, 0.25) is 15.9 Å². The van der Waals surface area contributed by atoms with E-state index in [-0.39, 0.29) is 12.2 Å². The van der Waals surface area contributed by atoms with Crippen molar-refractivity contribution in [1.82, 2.24) is 9.62 Å². The number of ether oxygens (including phenoxy) is 1. The first kappa shape index (κ1) is 14.4. The number of nitrogens with one attached hydrogen (secondary N) is 1. The highest BCUT2D eigenvalue weighted by molar-refractivity contribution is 7.90. The predicted molar refractivity (Wildman–Crippen MR) is 64.1 cm³/mol. The molecule has 6 nitrogen and oxygen atoms in total. The number of nitrogens with zero attached hydrogens (tertiary/aromatic N) is 1. The first-order chi connectivity index (χ1) is 8.03. The molecule has 0 aromatic carbocycles. The maximum Gasteiger partial charge on any atom is 0.236 e. The van der Waals surface area contributed by atoms with Gasteiger partial charge in [-0.25, -0.2) is 8.42 Å². The van der Waals surface area contributed by atoms with Gasteiger partial charge < -0.3 is 4.74 Å². The maximum absolute atomic E-state index is 11.6. The summed E-state index contributed by atoms with van der Waals surface area (Å²) in [6, 6.07) is 0. The Labute approximate surface area is 102 Å². The van der Waals surface area contributed by atoms with Gasteiger partial charge in [-0.05, 0) is 6.42 Å². The molecule has 1 amide bonds. The fraction of sp³-hybridized carbons (Fsp3) is 0.900. The fourth-order valence-corrected chi connectivity index (χ4v) is 2.63. The van der Waals surface area contributed by atoms with Crippen LogP contribution in [0.2, 0.25) is 0 Å². The third-order valence-corrected chi connectivity index (χ3v) is 3.79. The lowest BCUT2D eigenvalue weighted by atomic mass is 10.3. The van der Waals surface area contributed by atoms with Gasteiger partial charge in [0, 0.05) is 26.1 Å². The fourth-order valence-electron chi connectivity index (χ4n) is 1.58. The van der Waals surface area contributed by atoms with Gasteiger partial charge in [-0.2, -0.15) is 0 Å². The zero-order valence-corrected chi connectivity index (χ0v) is 11.0. The highest BCUT2D eigenvalue weighted by atomic mass is 32.2. The first-order valence-corrected chi connectivity index (χ1v) is 7.52. The van der Waals surface area contributed by atoms with E-state index in [1.54, 1.807) is 0 Å². The third-order valence-electron chi connectivity index (χ3n) is 2.53. The Bertz CT molecular complexity index is 336. The van der Waals surface area contributed by atoms with Gasteiger partial charge in [0.1, 0.15) is 0 Å². The van der Waals surface area contributed by atoms with Crippen LogP contribution in [-0.2, 0) is 19.6 Å². The second-order valence-corrected chi connectivity index (χ2v) is 5.89. The zero-order valence-electron chi connectivity index (χ0n) is 10.1. The average Bonchev–Trinajstić information content (AvgIpc) is 2.27. The second kappa shape index (κ2) is 6.93. The van der Waals surface area contributed by atoms with E-state index >= 15 is 0 Å². The Kier molecular flexibility index (Phi) is 5.87. The molecule has 0 bridgehead atoms. The topological polar surface area (TPSA) is 75.7 Å². The molecule has 0 radical (unpaired) electrons. The van der Waals surface area contributed by atoms with Crippen LogP contribution in [0.25, 0.3) is 0 Å². The third kappa shape index (κ3) is 5.99. The number of morpholine rings is 1. The van der Waals surface area contributed by atoms with Gasteiger partial charge in [0.15, 0.2) is 0 Å². The van der Waals surface area contributed by atoms with Crippen LogP contribution in [0.1, 0.15) is 19.8 Å². The number of hydrogen-bond donors (Lipinski definition) is 1. The number of carbonyl (C=O) groups excluding carboxylic acids is 1. The lowest BCUT2D eigenvalue weighted by molar-refractivity contribution is -0.119. The van der Waals surface area contributed by atoms with Crippen molar-refractivity contribution >= 4 is 15.9 Å². The summed E-state index contributed by atoms with van der Waals surface area (Å²) in [6.07, 6.45) is 0.890. The minimum Gasteiger partial charge on any atom is -0.379 e. The Morgan fingerprint density at radius 3 is 2.59 bits per heavy atom. The average molecular weight is 264 g/mol. The smallest absolute Gasteiger partial charge is 0.236 e. The first-order valence-electron chi connectivity index (χ1n) is 5.87. The van der Waals surface area contributed by atoms with Gasteiger partial charge in [-0.15, -0.1) is 0 Å². The van der Waals surface area contributed by atoms with Crippen molar-refractivity contribution in [2.45, 2.75) is 19.8 Å². The second-order valence-electron chi connectivity index (χ2n) is 4.05. The molecule has 1 heterocycles. The number of amides is 1. The molecule has 7 heteroatoms. The molecule has 1 aliphatic heterocycles. The zero-order chi connectivity index (χ0) is 12.7. The van der Waals surface area contributed by atoms with E-state index in [0.29, 0.717) is 26.2 Å². The normalized spacial score (nSPS) is 17.9. The summed E-state index contributed by atoms with van der Waals surface area (Å²) in [7, 11) is -3.48. The van der Waals surface area contributed by atoms with Crippen LogP contribution in [0, 0.1) is 0 Å². The summed E-state index contributed by atoms with van der Waals surface area (Å²) >= 11 is 0. The molecule has 0 saturated carbocycles. The molecule has 1 aliphatic rings.